The van der Waals surface area contributed by atoms with Crippen LogP contribution in [0.1, 0.15) is 6.42 Å². The molecule has 1 aromatic rings. The number of nitrogens with zero attached hydrogens (tertiary/aromatic N) is 4. The summed E-state index contributed by atoms with van der Waals surface area (Å²) in [5.41, 5.74) is 0. The molecule has 2 heterocycles. The molecule has 0 unspecified atom stereocenters. The summed E-state index contributed by atoms with van der Waals surface area (Å²) < 4.78 is 7.31. The molecule has 0 spiro atoms. The van der Waals surface area contributed by atoms with Gasteiger partial charge in [0, 0.05) is 79.0 Å². The van der Waals surface area contributed by atoms with Crippen molar-refractivity contribution in [3.8, 4) is 0 Å². The van der Waals surface area contributed by atoms with E-state index < -0.39 is 0 Å². The van der Waals surface area contributed by atoms with Crippen LogP contribution >= 0.6 is 0 Å². The Bertz CT molecular complexity index is 375. The first-order chi connectivity index (χ1) is 9.81. The number of nitrogens with one attached hydrogen (secondary N) is 1. The molecule has 1 fully saturated rings. The average molecular weight is 281 g/mol. The maximum atomic E-state index is 5.11. The lowest BCUT2D eigenvalue weighted by Crippen LogP contribution is -2.46. The number of aromatic nitrogens is 2. The lowest BCUT2D eigenvalue weighted by atomic mass is 10.3. The molecule has 2 rings (SSSR count). The highest BCUT2D eigenvalue weighted by atomic mass is 16.5. The van der Waals surface area contributed by atoms with Crippen LogP contribution in [0.25, 0.3) is 0 Å². The predicted octanol–water partition coefficient (Wildman–Crippen LogP) is 0.261. The molecule has 0 atom stereocenters. The van der Waals surface area contributed by atoms with E-state index in [0.29, 0.717) is 0 Å². The van der Waals surface area contributed by atoms with Crippen LogP contribution in [-0.4, -0.2) is 74.5 Å². The van der Waals surface area contributed by atoms with Crippen LogP contribution in [0.3, 0.4) is 0 Å². The number of aryl methyl sites for hydroxylation is 1. The van der Waals surface area contributed by atoms with Crippen molar-refractivity contribution in [1.82, 2.24) is 19.8 Å². The molecule has 6 heteroatoms. The molecule has 114 valence electrons. The number of piperazine rings is 1. The second-order valence-corrected chi connectivity index (χ2v) is 5.28. The highest BCUT2D eigenvalue weighted by molar-refractivity contribution is 5.29. The van der Waals surface area contributed by atoms with Gasteiger partial charge in [0.25, 0.3) is 0 Å². The van der Waals surface area contributed by atoms with Gasteiger partial charge in [0.15, 0.2) is 0 Å². The summed E-state index contributed by atoms with van der Waals surface area (Å²) >= 11 is 0. The number of rotatable bonds is 8. The monoisotopic (exact) mass is 281 g/mol. The van der Waals surface area contributed by atoms with E-state index in [2.05, 4.69) is 31.7 Å². The summed E-state index contributed by atoms with van der Waals surface area (Å²) in [4.78, 5) is 9.23. The quantitative estimate of drug-likeness (QED) is 0.693. The van der Waals surface area contributed by atoms with E-state index in [4.69, 9.17) is 4.74 Å². The van der Waals surface area contributed by atoms with Crippen molar-refractivity contribution in [2.75, 3.05) is 64.9 Å². The topological polar surface area (TPSA) is 45.6 Å². The van der Waals surface area contributed by atoms with E-state index in [-0.39, 0.29) is 0 Å². The van der Waals surface area contributed by atoms with Gasteiger partial charge in [0.1, 0.15) is 0 Å². The van der Waals surface area contributed by atoms with Crippen LogP contribution in [0.15, 0.2) is 12.4 Å². The van der Waals surface area contributed by atoms with Gasteiger partial charge in [-0.25, -0.2) is 4.98 Å². The number of anilines is 1. The Morgan fingerprint density at radius 2 is 2.15 bits per heavy atom. The molecule has 1 aliphatic heterocycles. The fourth-order valence-corrected chi connectivity index (χ4v) is 2.52. The molecule has 0 amide bonds. The third kappa shape index (κ3) is 4.47. The zero-order valence-electron chi connectivity index (χ0n) is 12.7. The minimum Gasteiger partial charge on any atom is -0.385 e. The van der Waals surface area contributed by atoms with Crippen LogP contribution in [-0.2, 0) is 11.3 Å². The Kier molecular flexibility index (Phi) is 6.29. The first-order valence-electron chi connectivity index (χ1n) is 7.45. The van der Waals surface area contributed by atoms with Crippen LogP contribution in [0, 0.1) is 0 Å². The molecule has 0 saturated carbocycles. The molecule has 1 N–H and O–H groups in total. The molecule has 1 aromatic heterocycles. The number of imidazole rings is 1. The van der Waals surface area contributed by atoms with Gasteiger partial charge in [-0.3, -0.25) is 4.90 Å². The third-order valence-electron chi connectivity index (χ3n) is 3.74. The van der Waals surface area contributed by atoms with Gasteiger partial charge in [0.2, 0.25) is 5.95 Å². The van der Waals surface area contributed by atoms with E-state index >= 15 is 0 Å². The Hall–Kier alpha value is -1.11. The highest BCUT2D eigenvalue weighted by Gasteiger charge is 2.12. The lowest BCUT2D eigenvalue weighted by molar-refractivity contribution is 0.190. The van der Waals surface area contributed by atoms with Gasteiger partial charge < -0.3 is 19.5 Å². The minimum absolute atomic E-state index is 0.794. The second kappa shape index (κ2) is 8.24. The lowest BCUT2D eigenvalue weighted by Gasteiger charge is -2.29. The van der Waals surface area contributed by atoms with E-state index in [1.165, 1.54) is 0 Å². The molecule has 0 aliphatic carbocycles. The average Bonchev–Trinajstić information content (AvgIpc) is 2.95. The zero-order valence-corrected chi connectivity index (χ0v) is 12.7. The summed E-state index contributed by atoms with van der Waals surface area (Å²) in [6.07, 6.45) is 4.95. The summed E-state index contributed by atoms with van der Waals surface area (Å²) in [6.45, 7) is 8.38. The van der Waals surface area contributed by atoms with Crippen molar-refractivity contribution in [2.45, 2.75) is 13.0 Å². The van der Waals surface area contributed by atoms with E-state index in [9.17, 15) is 0 Å². The molecule has 20 heavy (non-hydrogen) atoms. The maximum absolute atomic E-state index is 5.11. The van der Waals surface area contributed by atoms with Gasteiger partial charge in [-0.05, 0) is 6.42 Å². The summed E-state index contributed by atoms with van der Waals surface area (Å²) in [5, 5.41) is 3.38. The van der Waals surface area contributed by atoms with Crippen molar-refractivity contribution < 1.29 is 4.74 Å². The van der Waals surface area contributed by atoms with Gasteiger partial charge in [-0.15, -0.1) is 0 Å². The van der Waals surface area contributed by atoms with Crippen LogP contribution in [0.2, 0.25) is 0 Å². The number of hydrogen-bond donors (Lipinski definition) is 1. The van der Waals surface area contributed by atoms with Gasteiger partial charge in [-0.1, -0.05) is 0 Å². The standard InChI is InChI=1S/C14H27N5O/c1-17(11-12-18-8-4-15-5-9-18)14-16-6-10-19(14)7-3-13-20-2/h6,10,15H,3-5,7-9,11-13H2,1-2H3. The maximum Gasteiger partial charge on any atom is 0.205 e. The van der Waals surface area contributed by atoms with Crippen molar-refractivity contribution >= 4 is 5.95 Å². The SMILES string of the molecule is COCCCn1ccnc1N(C)CCN1CCNCC1. The Morgan fingerprint density at radius 3 is 2.90 bits per heavy atom. The van der Waals surface area contributed by atoms with Gasteiger partial charge >= 0.3 is 0 Å². The first kappa shape index (κ1) is 15.3. The van der Waals surface area contributed by atoms with Crippen molar-refractivity contribution in [3.63, 3.8) is 0 Å². The molecule has 6 nitrogen and oxygen atoms in total. The fourth-order valence-electron chi connectivity index (χ4n) is 2.52. The van der Waals surface area contributed by atoms with Gasteiger partial charge in [0.05, 0.1) is 0 Å². The third-order valence-corrected chi connectivity index (χ3v) is 3.74. The summed E-state index contributed by atoms with van der Waals surface area (Å²) in [5.74, 6) is 1.05. The van der Waals surface area contributed by atoms with Crippen LogP contribution in [0.5, 0.6) is 0 Å². The molecule has 1 aliphatic rings. The van der Waals surface area contributed by atoms with Gasteiger partial charge in [-0.2, -0.15) is 0 Å². The molecule has 1 saturated heterocycles. The highest BCUT2D eigenvalue weighted by Crippen LogP contribution is 2.10. The van der Waals surface area contributed by atoms with Crippen LogP contribution in [0.4, 0.5) is 5.95 Å². The molecule has 0 bridgehead atoms. The molecular formula is C14H27N5O. The van der Waals surface area contributed by atoms with Crippen molar-refractivity contribution in [2.24, 2.45) is 0 Å². The Labute approximate surface area is 121 Å². The Morgan fingerprint density at radius 1 is 1.35 bits per heavy atom. The number of hydrogen-bond acceptors (Lipinski definition) is 5. The van der Waals surface area contributed by atoms with Crippen LogP contribution < -0.4 is 10.2 Å². The smallest absolute Gasteiger partial charge is 0.205 e. The largest absolute Gasteiger partial charge is 0.385 e. The Balaban J connectivity index is 1.79. The number of likely N-dealkylation sites (N-methyl/N-ethyl adjacent to an activating group) is 1. The number of methoxy groups -OCH3 is 1. The summed E-state index contributed by atoms with van der Waals surface area (Å²) in [6, 6.07) is 0. The van der Waals surface area contributed by atoms with E-state index in [1.54, 1.807) is 7.11 Å². The normalized spacial score (nSPS) is 16.5. The molecule has 0 radical (unpaired) electrons. The number of ether oxygens (including phenoxy) is 1. The van der Waals surface area contributed by atoms with E-state index in [0.717, 1.165) is 64.8 Å². The van der Waals surface area contributed by atoms with E-state index in [1.807, 2.05) is 12.4 Å². The predicted molar refractivity (Wildman–Crippen MR) is 81.3 cm³/mol. The fraction of sp³-hybridized carbons (Fsp3) is 0.786. The summed E-state index contributed by atoms with van der Waals surface area (Å²) in [7, 11) is 3.87. The molecular weight excluding hydrogens is 254 g/mol. The van der Waals surface area contributed by atoms with Crippen molar-refractivity contribution in [1.29, 1.82) is 0 Å². The zero-order chi connectivity index (χ0) is 14.2. The first-order valence-corrected chi connectivity index (χ1v) is 7.45. The molecule has 0 aromatic carbocycles. The minimum atomic E-state index is 0.794. The van der Waals surface area contributed by atoms with Crippen molar-refractivity contribution in [3.05, 3.63) is 12.4 Å². The second-order valence-electron chi connectivity index (χ2n) is 5.28.